The molecule has 1 fully saturated rings. The average Bonchev–Trinajstić information content (AvgIpc) is 2.81. The number of nitrogens with one attached hydrogen (secondary N) is 2. The van der Waals surface area contributed by atoms with Crippen molar-refractivity contribution in [1.29, 1.82) is 0 Å². The molecular formula is C23H32ClIN4O3. The van der Waals surface area contributed by atoms with E-state index in [1.54, 1.807) is 21.3 Å². The van der Waals surface area contributed by atoms with Gasteiger partial charge in [-0.3, -0.25) is 9.89 Å². The maximum Gasteiger partial charge on any atom is 0.191 e. The molecule has 3 rings (SSSR count). The van der Waals surface area contributed by atoms with Crippen molar-refractivity contribution in [3.05, 3.63) is 58.6 Å². The second kappa shape index (κ2) is 13.7. The van der Waals surface area contributed by atoms with Crippen LogP contribution in [0, 0.1) is 0 Å². The highest BCUT2D eigenvalue weighted by Gasteiger charge is 2.23. The number of benzene rings is 2. The molecule has 2 N–H and O–H groups in total. The average molecular weight is 575 g/mol. The van der Waals surface area contributed by atoms with Crippen LogP contribution in [0.3, 0.4) is 0 Å². The Hall–Kier alpha value is -1.75. The van der Waals surface area contributed by atoms with Crippen LogP contribution in [0.5, 0.6) is 11.5 Å². The predicted octanol–water partition coefficient (Wildman–Crippen LogP) is 3.71. The van der Waals surface area contributed by atoms with Crippen LogP contribution in [0.4, 0.5) is 0 Å². The molecule has 176 valence electrons. The normalized spacial score (nSPS) is 15.4. The summed E-state index contributed by atoms with van der Waals surface area (Å²) in [4.78, 5) is 6.80. The van der Waals surface area contributed by atoms with Gasteiger partial charge in [-0.15, -0.1) is 24.0 Å². The van der Waals surface area contributed by atoms with Gasteiger partial charge < -0.3 is 24.8 Å². The van der Waals surface area contributed by atoms with Crippen LogP contribution in [0.1, 0.15) is 17.2 Å². The van der Waals surface area contributed by atoms with Crippen LogP contribution in [-0.2, 0) is 11.3 Å². The Morgan fingerprint density at radius 2 is 1.84 bits per heavy atom. The SMILES string of the molecule is CN=C(NCc1ccc(OC)c(OC)c1)NCC(c1cccc(Cl)c1)N1CCOCC1.I. The zero-order valence-electron chi connectivity index (χ0n) is 18.8. The quantitative estimate of drug-likeness (QED) is 0.285. The van der Waals surface area contributed by atoms with Crippen LogP contribution in [0.15, 0.2) is 47.5 Å². The molecule has 1 aliphatic heterocycles. The van der Waals surface area contributed by atoms with E-state index in [-0.39, 0.29) is 30.0 Å². The summed E-state index contributed by atoms with van der Waals surface area (Å²) in [6.45, 7) is 4.56. The van der Waals surface area contributed by atoms with Gasteiger partial charge in [-0.1, -0.05) is 29.8 Å². The molecule has 1 aliphatic rings. The first kappa shape index (κ1) is 26.5. The Morgan fingerprint density at radius 1 is 1.09 bits per heavy atom. The molecule has 0 aromatic heterocycles. The number of rotatable bonds is 8. The van der Waals surface area contributed by atoms with Crippen molar-refractivity contribution in [2.24, 2.45) is 4.99 Å². The van der Waals surface area contributed by atoms with Crippen molar-refractivity contribution < 1.29 is 14.2 Å². The van der Waals surface area contributed by atoms with Crippen LogP contribution in [0.25, 0.3) is 0 Å². The Labute approximate surface area is 212 Å². The van der Waals surface area contributed by atoms with Gasteiger partial charge in [0, 0.05) is 38.2 Å². The first-order chi connectivity index (χ1) is 15.1. The number of hydrogen-bond donors (Lipinski definition) is 2. The number of aliphatic imine (C=N–C) groups is 1. The van der Waals surface area contributed by atoms with Gasteiger partial charge in [-0.05, 0) is 35.4 Å². The van der Waals surface area contributed by atoms with E-state index in [4.69, 9.17) is 25.8 Å². The number of morpholine rings is 1. The standard InChI is InChI=1S/C23H31ClN4O3.HI/c1-25-23(26-15-17-7-8-21(29-2)22(13-17)30-3)27-16-20(28-9-11-31-12-10-28)18-5-4-6-19(24)14-18;/h4-8,13-14,20H,9-12,15-16H2,1-3H3,(H2,25,26,27);1H. The molecule has 2 aromatic rings. The highest BCUT2D eigenvalue weighted by molar-refractivity contribution is 14.0. The van der Waals surface area contributed by atoms with Gasteiger partial charge in [0.15, 0.2) is 17.5 Å². The Bertz CT molecular complexity index is 878. The van der Waals surface area contributed by atoms with E-state index in [0.29, 0.717) is 24.6 Å². The number of hydrogen-bond acceptors (Lipinski definition) is 5. The third-order valence-corrected chi connectivity index (χ3v) is 5.55. The second-order valence-electron chi connectivity index (χ2n) is 7.22. The predicted molar refractivity (Wildman–Crippen MR) is 140 cm³/mol. The van der Waals surface area contributed by atoms with Crippen molar-refractivity contribution in [2.75, 3.05) is 54.1 Å². The molecule has 1 heterocycles. The summed E-state index contributed by atoms with van der Waals surface area (Å²) >= 11 is 6.26. The topological polar surface area (TPSA) is 67.4 Å². The molecule has 0 saturated carbocycles. The van der Waals surface area contributed by atoms with E-state index in [2.05, 4.69) is 26.6 Å². The van der Waals surface area contributed by atoms with Gasteiger partial charge in [0.25, 0.3) is 0 Å². The van der Waals surface area contributed by atoms with Crippen molar-refractivity contribution in [3.63, 3.8) is 0 Å². The molecule has 32 heavy (non-hydrogen) atoms. The minimum atomic E-state index is 0. The molecular weight excluding hydrogens is 543 g/mol. The van der Waals surface area contributed by atoms with Gasteiger partial charge in [-0.2, -0.15) is 0 Å². The first-order valence-electron chi connectivity index (χ1n) is 10.4. The second-order valence-corrected chi connectivity index (χ2v) is 7.65. The molecule has 9 heteroatoms. The van der Waals surface area contributed by atoms with Crippen molar-refractivity contribution in [3.8, 4) is 11.5 Å². The van der Waals surface area contributed by atoms with E-state index in [0.717, 1.165) is 42.8 Å². The monoisotopic (exact) mass is 574 g/mol. The lowest BCUT2D eigenvalue weighted by Gasteiger charge is -2.35. The molecule has 0 spiro atoms. The fourth-order valence-electron chi connectivity index (χ4n) is 3.65. The Morgan fingerprint density at radius 3 is 2.50 bits per heavy atom. The van der Waals surface area contributed by atoms with E-state index in [9.17, 15) is 0 Å². The fraction of sp³-hybridized carbons (Fsp3) is 0.435. The number of halogens is 2. The third kappa shape index (κ3) is 7.40. The van der Waals surface area contributed by atoms with E-state index in [1.807, 2.05) is 36.4 Å². The lowest BCUT2D eigenvalue weighted by molar-refractivity contribution is 0.0170. The smallest absolute Gasteiger partial charge is 0.191 e. The van der Waals surface area contributed by atoms with Gasteiger partial charge in [-0.25, -0.2) is 0 Å². The molecule has 0 aliphatic carbocycles. The highest BCUT2D eigenvalue weighted by Crippen LogP contribution is 2.27. The number of methoxy groups -OCH3 is 2. The molecule has 1 unspecified atom stereocenters. The maximum atomic E-state index is 6.26. The Kier molecular flexibility index (Phi) is 11.4. The lowest BCUT2D eigenvalue weighted by atomic mass is 10.0. The van der Waals surface area contributed by atoms with Crippen molar-refractivity contribution in [2.45, 2.75) is 12.6 Å². The summed E-state index contributed by atoms with van der Waals surface area (Å²) in [7, 11) is 5.04. The maximum absolute atomic E-state index is 6.26. The fourth-order valence-corrected chi connectivity index (χ4v) is 3.85. The molecule has 0 radical (unpaired) electrons. The molecule has 0 amide bonds. The largest absolute Gasteiger partial charge is 0.493 e. The zero-order chi connectivity index (χ0) is 22.1. The van der Waals surface area contributed by atoms with Gasteiger partial charge in [0.1, 0.15) is 0 Å². The van der Waals surface area contributed by atoms with Crippen molar-refractivity contribution in [1.82, 2.24) is 15.5 Å². The van der Waals surface area contributed by atoms with E-state index < -0.39 is 0 Å². The number of ether oxygens (including phenoxy) is 3. The van der Waals surface area contributed by atoms with Crippen LogP contribution < -0.4 is 20.1 Å². The summed E-state index contributed by atoms with van der Waals surface area (Å²) in [5.41, 5.74) is 2.25. The molecule has 1 saturated heterocycles. The summed E-state index contributed by atoms with van der Waals surface area (Å²) < 4.78 is 16.2. The van der Waals surface area contributed by atoms with Gasteiger partial charge in [0.05, 0.1) is 33.5 Å². The van der Waals surface area contributed by atoms with Crippen LogP contribution in [-0.4, -0.2) is 65.0 Å². The van der Waals surface area contributed by atoms with Crippen LogP contribution in [0.2, 0.25) is 5.02 Å². The van der Waals surface area contributed by atoms with E-state index >= 15 is 0 Å². The van der Waals surface area contributed by atoms with Crippen LogP contribution >= 0.6 is 35.6 Å². The van der Waals surface area contributed by atoms with Gasteiger partial charge >= 0.3 is 0 Å². The molecule has 1 atom stereocenters. The molecule has 0 bridgehead atoms. The minimum absolute atomic E-state index is 0. The first-order valence-corrected chi connectivity index (χ1v) is 10.7. The molecule has 2 aromatic carbocycles. The number of nitrogens with zero attached hydrogens (tertiary/aromatic N) is 2. The Balaban J connectivity index is 0.00000363. The lowest BCUT2D eigenvalue weighted by Crippen LogP contribution is -2.46. The van der Waals surface area contributed by atoms with Crippen molar-refractivity contribution >= 4 is 41.5 Å². The number of guanidine groups is 1. The zero-order valence-corrected chi connectivity index (χ0v) is 21.9. The highest BCUT2D eigenvalue weighted by atomic mass is 127. The summed E-state index contributed by atoms with van der Waals surface area (Å²) in [6.07, 6.45) is 0. The summed E-state index contributed by atoms with van der Waals surface area (Å²) in [5, 5.41) is 7.57. The van der Waals surface area contributed by atoms with E-state index in [1.165, 1.54) is 5.56 Å². The minimum Gasteiger partial charge on any atom is -0.493 e. The molecule has 7 nitrogen and oxygen atoms in total. The summed E-state index contributed by atoms with van der Waals surface area (Å²) in [6, 6.07) is 14.1. The van der Waals surface area contributed by atoms with Gasteiger partial charge in [0.2, 0.25) is 0 Å². The third-order valence-electron chi connectivity index (χ3n) is 5.31. The summed E-state index contributed by atoms with van der Waals surface area (Å²) in [5.74, 6) is 2.15.